The van der Waals surface area contributed by atoms with Crippen molar-refractivity contribution in [3.8, 4) is 0 Å². The molecule has 1 aromatic carbocycles. The quantitative estimate of drug-likeness (QED) is 0.554. The van der Waals surface area contributed by atoms with E-state index in [1.54, 1.807) is 11.0 Å². The summed E-state index contributed by atoms with van der Waals surface area (Å²) in [5.74, 6) is -0.293. The highest BCUT2D eigenvalue weighted by atomic mass is 127. The molecule has 0 spiro atoms. The summed E-state index contributed by atoms with van der Waals surface area (Å²) >= 11 is 7.51. The smallest absolute Gasteiger partial charge is 0.257 e. The van der Waals surface area contributed by atoms with Crippen LogP contribution in [-0.4, -0.2) is 41.0 Å². The Morgan fingerprint density at radius 1 is 1.55 bits per heavy atom. The van der Waals surface area contributed by atoms with E-state index >= 15 is 0 Å². The number of benzene rings is 1. The Morgan fingerprint density at radius 2 is 2.27 bits per heavy atom. The summed E-state index contributed by atoms with van der Waals surface area (Å²) in [5, 5.41) is 5.85. The molecule has 1 fully saturated rings. The summed E-state index contributed by atoms with van der Waals surface area (Å²) in [4.78, 5) is 25.9. The number of nitrogens with one attached hydrogen (secondary N) is 2. The van der Waals surface area contributed by atoms with Crippen molar-refractivity contribution in [2.45, 2.75) is 26.3 Å². The third-order valence-corrected chi connectivity index (χ3v) is 5.13. The van der Waals surface area contributed by atoms with Gasteiger partial charge in [0.15, 0.2) is 5.11 Å². The lowest BCUT2D eigenvalue weighted by Crippen LogP contribution is -2.59. The van der Waals surface area contributed by atoms with Crippen LogP contribution in [0, 0.1) is 10.5 Å². The van der Waals surface area contributed by atoms with Gasteiger partial charge in [0, 0.05) is 22.2 Å². The second-order valence-electron chi connectivity index (χ2n) is 5.13. The van der Waals surface area contributed by atoms with E-state index < -0.39 is 0 Å². The van der Waals surface area contributed by atoms with E-state index in [0.717, 1.165) is 9.13 Å². The lowest BCUT2D eigenvalue weighted by molar-refractivity contribution is -0.127. The van der Waals surface area contributed by atoms with E-state index in [1.807, 2.05) is 26.0 Å². The fourth-order valence-corrected chi connectivity index (χ4v) is 3.17. The highest BCUT2D eigenvalue weighted by molar-refractivity contribution is 14.1. The third kappa shape index (κ3) is 3.75. The highest BCUT2D eigenvalue weighted by Crippen LogP contribution is 2.14. The Labute approximate surface area is 149 Å². The van der Waals surface area contributed by atoms with E-state index in [0.29, 0.717) is 30.2 Å². The molecule has 2 amide bonds. The molecule has 0 saturated carbocycles. The lowest BCUT2D eigenvalue weighted by Gasteiger charge is -2.36. The first-order valence-corrected chi connectivity index (χ1v) is 8.58. The zero-order chi connectivity index (χ0) is 16.3. The van der Waals surface area contributed by atoms with Crippen molar-refractivity contribution in [2.24, 2.45) is 0 Å². The van der Waals surface area contributed by atoms with Crippen LogP contribution in [0.15, 0.2) is 18.2 Å². The topological polar surface area (TPSA) is 61.4 Å². The Kier molecular flexibility index (Phi) is 5.74. The van der Waals surface area contributed by atoms with Crippen LogP contribution in [0.1, 0.15) is 29.3 Å². The van der Waals surface area contributed by atoms with Crippen LogP contribution in [-0.2, 0) is 4.79 Å². The van der Waals surface area contributed by atoms with E-state index in [9.17, 15) is 9.59 Å². The van der Waals surface area contributed by atoms with Crippen molar-refractivity contribution >= 4 is 51.7 Å². The number of thiocarbonyl (C=S) groups is 1. The van der Waals surface area contributed by atoms with Gasteiger partial charge in [-0.05, 0) is 65.8 Å². The summed E-state index contributed by atoms with van der Waals surface area (Å²) < 4.78 is 1.03. The largest absolute Gasteiger partial charge is 0.353 e. The average Bonchev–Trinajstić information content (AvgIpc) is 2.49. The molecule has 0 aliphatic carbocycles. The molecule has 22 heavy (non-hydrogen) atoms. The third-order valence-electron chi connectivity index (χ3n) is 3.63. The minimum Gasteiger partial charge on any atom is -0.353 e. The maximum atomic E-state index is 12.3. The van der Waals surface area contributed by atoms with Crippen LogP contribution in [0.4, 0.5) is 0 Å². The molecule has 1 saturated heterocycles. The number of carbonyl (C=O) groups is 2. The fraction of sp³-hybridized carbons (Fsp3) is 0.400. The van der Waals surface area contributed by atoms with Crippen molar-refractivity contribution in [3.05, 3.63) is 32.9 Å². The van der Waals surface area contributed by atoms with Gasteiger partial charge in [-0.25, -0.2) is 0 Å². The van der Waals surface area contributed by atoms with Gasteiger partial charge >= 0.3 is 0 Å². The van der Waals surface area contributed by atoms with E-state index in [1.165, 1.54) is 0 Å². The molecular formula is C15H18IN3O2S. The van der Waals surface area contributed by atoms with Gasteiger partial charge in [0.2, 0.25) is 5.91 Å². The van der Waals surface area contributed by atoms with E-state index in [2.05, 4.69) is 33.2 Å². The zero-order valence-electron chi connectivity index (χ0n) is 12.5. The van der Waals surface area contributed by atoms with Crippen LogP contribution in [0.2, 0.25) is 0 Å². The van der Waals surface area contributed by atoms with E-state index in [4.69, 9.17) is 12.2 Å². The molecule has 7 heteroatoms. The first-order valence-electron chi connectivity index (χ1n) is 7.10. The normalized spacial score (nSPS) is 17.9. The second-order valence-corrected chi connectivity index (χ2v) is 6.68. The van der Waals surface area contributed by atoms with Gasteiger partial charge in [-0.3, -0.25) is 14.9 Å². The molecule has 1 unspecified atom stereocenters. The Morgan fingerprint density at radius 3 is 2.91 bits per heavy atom. The number of carbonyl (C=O) groups excluding carboxylic acids is 2. The number of amides is 2. The summed E-state index contributed by atoms with van der Waals surface area (Å²) in [5.41, 5.74) is 1.69. The molecule has 1 aliphatic heterocycles. The summed E-state index contributed by atoms with van der Waals surface area (Å²) in [6.07, 6.45) is 0.643. The number of rotatable bonds is 2. The van der Waals surface area contributed by atoms with Crippen LogP contribution in [0.5, 0.6) is 0 Å². The van der Waals surface area contributed by atoms with Crippen LogP contribution >= 0.6 is 34.8 Å². The van der Waals surface area contributed by atoms with Gasteiger partial charge in [-0.1, -0.05) is 13.0 Å². The summed E-state index contributed by atoms with van der Waals surface area (Å²) in [6.45, 7) is 5.06. The maximum Gasteiger partial charge on any atom is 0.257 e. The van der Waals surface area contributed by atoms with Gasteiger partial charge in [0.05, 0.1) is 0 Å². The predicted octanol–water partition coefficient (Wildman–Crippen LogP) is 1.82. The van der Waals surface area contributed by atoms with Gasteiger partial charge in [0.1, 0.15) is 6.04 Å². The first-order chi connectivity index (χ1) is 10.4. The van der Waals surface area contributed by atoms with Gasteiger partial charge in [-0.2, -0.15) is 0 Å². The average molecular weight is 431 g/mol. The lowest BCUT2D eigenvalue weighted by atomic mass is 10.1. The molecule has 1 atom stereocenters. The van der Waals surface area contributed by atoms with Crippen molar-refractivity contribution in [1.82, 2.24) is 15.5 Å². The van der Waals surface area contributed by atoms with Crippen LogP contribution in [0.25, 0.3) is 0 Å². The molecule has 1 heterocycles. The number of nitrogens with zero attached hydrogens (tertiary/aromatic N) is 1. The zero-order valence-corrected chi connectivity index (χ0v) is 15.5. The molecule has 5 nitrogen and oxygen atoms in total. The Bertz CT molecular complexity index is 621. The Balaban J connectivity index is 2.08. The molecule has 2 rings (SSSR count). The molecule has 1 aliphatic rings. The molecule has 1 aromatic rings. The number of hydrogen-bond acceptors (Lipinski definition) is 3. The molecule has 0 aromatic heterocycles. The minimum absolute atomic E-state index is 0.0461. The number of piperazine rings is 1. The molecule has 118 valence electrons. The van der Waals surface area contributed by atoms with Crippen molar-refractivity contribution < 1.29 is 9.59 Å². The van der Waals surface area contributed by atoms with Gasteiger partial charge in [0.25, 0.3) is 5.91 Å². The van der Waals surface area contributed by atoms with E-state index in [-0.39, 0.29) is 17.9 Å². The molecule has 0 radical (unpaired) electrons. The highest BCUT2D eigenvalue weighted by Gasteiger charge is 2.30. The standard InChI is InChI=1S/C15H18IN3O2S/c1-3-12-14(21)17-6-7-19(12)15(22)18-13(20)10-5-4-9(2)11(16)8-10/h4-5,8,12H,3,6-7H2,1-2H3,(H,17,21)(H,18,20,22). The predicted molar refractivity (Wildman–Crippen MR) is 97.8 cm³/mol. The number of halogens is 1. The van der Waals surface area contributed by atoms with Crippen molar-refractivity contribution in [3.63, 3.8) is 0 Å². The van der Waals surface area contributed by atoms with Gasteiger partial charge in [-0.15, -0.1) is 0 Å². The number of aryl methyl sites for hydroxylation is 1. The SMILES string of the molecule is CCC1C(=O)NCCN1C(=S)NC(=O)c1ccc(C)c(I)c1. The van der Waals surface area contributed by atoms with Crippen molar-refractivity contribution in [1.29, 1.82) is 0 Å². The minimum atomic E-state index is -0.320. The molecular weight excluding hydrogens is 413 g/mol. The number of hydrogen-bond donors (Lipinski definition) is 2. The van der Waals surface area contributed by atoms with Gasteiger partial charge < -0.3 is 10.2 Å². The van der Waals surface area contributed by atoms with Crippen LogP contribution in [0.3, 0.4) is 0 Å². The first kappa shape index (κ1) is 17.1. The molecule has 0 bridgehead atoms. The van der Waals surface area contributed by atoms with Crippen molar-refractivity contribution in [2.75, 3.05) is 13.1 Å². The Hall–Kier alpha value is -1.22. The van der Waals surface area contributed by atoms with Crippen LogP contribution < -0.4 is 10.6 Å². The summed E-state index contributed by atoms with van der Waals surface area (Å²) in [7, 11) is 0. The summed E-state index contributed by atoms with van der Waals surface area (Å²) in [6, 6.07) is 5.19. The fourth-order valence-electron chi connectivity index (χ4n) is 2.34. The monoisotopic (exact) mass is 431 g/mol. The maximum absolute atomic E-state index is 12.3. The second kappa shape index (κ2) is 7.36. The molecule has 2 N–H and O–H groups in total.